The smallest absolute Gasteiger partial charge is 0.164 e. The minimum atomic E-state index is -0.151. The molecule has 23 heavy (non-hydrogen) atoms. The van der Waals surface area contributed by atoms with Gasteiger partial charge in [-0.1, -0.05) is 30.2 Å². The normalized spacial score (nSPS) is 18.9. The number of hydrogen-bond donors (Lipinski definition) is 1. The number of allylic oxidation sites excluding steroid dienone is 4. The molecule has 5 heteroatoms. The van der Waals surface area contributed by atoms with Gasteiger partial charge in [0.25, 0.3) is 0 Å². The highest BCUT2D eigenvalue weighted by Gasteiger charge is 2.24. The first-order valence-electron chi connectivity index (χ1n) is 8.12. The van der Waals surface area contributed by atoms with Crippen LogP contribution in [0.25, 0.3) is 11.0 Å². The summed E-state index contributed by atoms with van der Waals surface area (Å²) >= 11 is 0. The summed E-state index contributed by atoms with van der Waals surface area (Å²) in [6.07, 6.45) is 7.95. The van der Waals surface area contributed by atoms with Gasteiger partial charge in [0.05, 0.1) is 16.6 Å². The Morgan fingerprint density at radius 1 is 1.30 bits per heavy atom. The third-order valence-electron chi connectivity index (χ3n) is 4.16. The summed E-state index contributed by atoms with van der Waals surface area (Å²) < 4.78 is 1.96. The number of fused-ring (bicyclic) bond motifs is 1. The van der Waals surface area contributed by atoms with Crippen molar-refractivity contribution in [1.82, 2.24) is 19.7 Å². The Morgan fingerprint density at radius 3 is 2.70 bits per heavy atom. The number of nitrogen functional groups attached to an aromatic ring is 1. The van der Waals surface area contributed by atoms with Crippen molar-refractivity contribution in [3.05, 3.63) is 35.3 Å². The second kappa shape index (κ2) is 5.48. The van der Waals surface area contributed by atoms with Crippen LogP contribution in [0.3, 0.4) is 0 Å². The Morgan fingerprint density at radius 2 is 2.04 bits per heavy atom. The van der Waals surface area contributed by atoms with Crippen molar-refractivity contribution < 1.29 is 0 Å². The summed E-state index contributed by atoms with van der Waals surface area (Å²) in [6, 6.07) is 0. The van der Waals surface area contributed by atoms with Gasteiger partial charge < -0.3 is 5.73 Å². The standard InChI is InChI=1S/C18H25N5/c1-11-6-12(2)8-13(7-11)9-14-15-16(19)20-10-21-17(15)23(22-14)18(3,4)5/h6-7,10,12H,8-9H2,1-5H3,(H2,19,20,21). The van der Waals surface area contributed by atoms with Gasteiger partial charge >= 0.3 is 0 Å². The van der Waals surface area contributed by atoms with Gasteiger partial charge in [0.1, 0.15) is 12.1 Å². The molecule has 0 aromatic carbocycles. The fourth-order valence-corrected chi connectivity index (χ4v) is 3.32. The van der Waals surface area contributed by atoms with Gasteiger partial charge in [-0.05, 0) is 40.0 Å². The molecule has 5 nitrogen and oxygen atoms in total. The molecule has 1 aliphatic rings. The topological polar surface area (TPSA) is 69.6 Å². The van der Waals surface area contributed by atoms with E-state index in [1.165, 1.54) is 17.5 Å². The van der Waals surface area contributed by atoms with Gasteiger partial charge in [-0.3, -0.25) is 0 Å². The van der Waals surface area contributed by atoms with Crippen LogP contribution in [0.1, 0.15) is 46.7 Å². The molecule has 122 valence electrons. The predicted molar refractivity (Wildman–Crippen MR) is 94.1 cm³/mol. The number of hydrogen-bond acceptors (Lipinski definition) is 4. The molecule has 0 bridgehead atoms. The van der Waals surface area contributed by atoms with Crippen molar-refractivity contribution in [2.75, 3.05) is 5.73 Å². The maximum Gasteiger partial charge on any atom is 0.164 e. The van der Waals surface area contributed by atoms with E-state index in [4.69, 9.17) is 10.8 Å². The fraction of sp³-hybridized carbons (Fsp3) is 0.500. The van der Waals surface area contributed by atoms with Gasteiger partial charge in [-0.25, -0.2) is 14.6 Å². The van der Waals surface area contributed by atoms with Gasteiger partial charge in [-0.15, -0.1) is 0 Å². The predicted octanol–water partition coefficient (Wildman–Crippen LogP) is 3.62. The Kier molecular flexibility index (Phi) is 3.74. The average Bonchev–Trinajstić information content (AvgIpc) is 2.77. The van der Waals surface area contributed by atoms with E-state index in [9.17, 15) is 0 Å². The van der Waals surface area contributed by atoms with E-state index in [-0.39, 0.29) is 5.54 Å². The molecule has 2 heterocycles. The van der Waals surface area contributed by atoms with Crippen molar-refractivity contribution in [1.29, 1.82) is 0 Å². The maximum atomic E-state index is 6.14. The summed E-state index contributed by atoms with van der Waals surface area (Å²) in [5.74, 6) is 1.08. The molecule has 2 aromatic rings. The van der Waals surface area contributed by atoms with E-state index in [1.54, 1.807) is 0 Å². The highest BCUT2D eigenvalue weighted by molar-refractivity contribution is 5.88. The van der Waals surface area contributed by atoms with E-state index in [2.05, 4.69) is 56.7 Å². The SMILES string of the molecule is CC1=CC(C)CC(Cc2nn(C(C)(C)C)c3ncnc(N)c23)=C1. The third-order valence-corrected chi connectivity index (χ3v) is 4.16. The lowest BCUT2D eigenvalue weighted by atomic mass is 9.89. The first-order chi connectivity index (χ1) is 10.8. The highest BCUT2D eigenvalue weighted by Crippen LogP contribution is 2.30. The Balaban J connectivity index is 2.10. The summed E-state index contributed by atoms with van der Waals surface area (Å²) in [7, 11) is 0. The zero-order chi connectivity index (χ0) is 16.8. The molecule has 1 atom stereocenters. The minimum Gasteiger partial charge on any atom is -0.383 e. The van der Waals surface area contributed by atoms with Crippen molar-refractivity contribution in [2.45, 2.75) is 53.0 Å². The molecule has 1 aliphatic carbocycles. The molecule has 2 N–H and O–H groups in total. The molecule has 0 spiro atoms. The summed E-state index contributed by atoms with van der Waals surface area (Å²) in [5.41, 5.74) is 10.5. The van der Waals surface area contributed by atoms with Crippen LogP contribution in [-0.2, 0) is 12.0 Å². The number of nitrogens with two attached hydrogens (primary N) is 1. The average molecular weight is 311 g/mol. The molecule has 0 amide bonds. The number of rotatable bonds is 2. The zero-order valence-electron chi connectivity index (χ0n) is 14.6. The van der Waals surface area contributed by atoms with Crippen LogP contribution in [0.4, 0.5) is 5.82 Å². The van der Waals surface area contributed by atoms with Crippen LogP contribution < -0.4 is 5.73 Å². The lowest BCUT2D eigenvalue weighted by molar-refractivity contribution is 0.363. The second-order valence-corrected chi connectivity index (χ2v) is 7.56. The third kappa shape index (κ3) is 3.00. The van der Waals surface area contributed by atoms with Gasteiger partial charge in [-0.2, -0.15) is 5.10 Å². The van der Waals surface area contributed by atoms with Crippen molar-refractivity contribution >= 4 is 16.9 Å². The monoisotopic (exact) mass is 311 g/mol. The van der Waals surface area contributed by atoms with E-state index in [1.807, 2.05) is 4.68 Å². The molecular formula is C18H25N5. The van der Waals surface area contributed by atoms with Gasteiger partial charge in [0.15, 0.2) is 5.65 Å². The van der Waals surface area contributed by atoms with Crippen molar-refractivity contribution in [2.24, 2.45) is 5.92 Å². The zero-order valence-corrected chi connectivity index (χ0v) is 14.6. The van der Waals surface area contributed by atoms with E-state index < -0.39 is 0 Å². The molecule has 0 saturated carbocycles. The highest BCUT2D eigenvalue weighted by atomic mass is 15.3. The molecule has 1 unspecified atom stereocenters. The number of anilines is 1. The van der Waals surface area contributed by atoms with Crippen molar-refractivity contribution in [3.63, 3.8) is 0 Å². The molecule has 2 aromatic heterocycles. The molecule has 0 saturated heterocycles. The lowest BCUT2D eigenvalue weighted by Crippen LogP contribution is -2.23. The van der Waals surface area contributed by atoms with Crippen molar-refractivity contribution in [3.8, 4) is 0 Å². The first kappa shape index (κ1) is 15.7. The Hall–Kier alpha value is -2.17. The molecule has 0 radical (unpaired) electrons. The molecule has 0 aliphatic heterocycles. The van der Waals surface area contributed by atoms with Crippen LogP contribution >= 0.6 is 0 Å². The van der Waals surface area contributed by atoms with Crippen LogP contribution in [0, 0.1) is 5.92 Å². The van der Waals surface area contributed by atoms with E-state index in [0.29, 0.717) is 11.7 Å². The van der Waals surface area contributed by atoms with Crippen LogP contribution in [0.5, 0.6) is 0 Å². The maximum absolute atomic E-state index is 6.14. The Labute approximate surface area is 137 Å². The summed E-state index contributed by atoms with van der Waals surface area (Å²) in [5, 5.41) is 5.73. The molecular weight excluding hydrogens is 286 g/mol. The summed E-state index contributed by atoms with van der Waals surface area (Å²) in [6.45, 7) is 10.8. The van der Waals surface area contributed by atoms with Crippen LogP contribution in [0.15, 0.2) is 29.6 Å². The van der Waals surface area contributed by atoms with Gasteiger partial charge in [0, 0.05) is 6.42 Å². The van der Waals surface area contributed by atoms with E-state index >= 15 is 0 Å². The quantitative estimate of drug-likeness (QED) is 0.919. The van der Waals surface area contributed by atoms with Gasteiger partial charge in [0.2, 0.25) is 0 Å². The fourth-order valence-electron chi connectivity index (χ4n) is 3.32. The van der Waals surface area contributed by atoms with Crippen LogP contribution in [-0.4, -0.2) is 19.7 Å². The minimum absolute atomic E-state index is 0.151. The number of nitrogens with zero attached hydrogens (tertiary/aromatic N) is 4. The Bertz CT molecular complexity index is 805. The molecule has 3 rings (SSSR count). The van der Waals surface area contributed by atoms with Crippen LogP contribution in [0.2, 0.25) is 0 Å². The molecule has 0 fully saturated rings. The largest absolute Gasteiger partial charge is 0.383 e. The summed E-state index contributed by atoms with van der Waals surface area (Å²) in [4.78, 5) is 8.60. The first-order valence-corrected chi connectivity index (χ1v) is 8.12. The lowest BCUT2D eigenvalue weighted by Gasteiger charge is -2.19. The second-order valence-electron chi connectivity index (χ2n) is 7.56. The van der Waals surface area contributed by atoms with E-state index in [0.717, 1.165) is 29.6 Å². The number of aromatic nitrogens is 4.